The van der Waals surface area contributed by atoms with E-state index in [0.29, 0.717) is 0 Å². The van der Waals surface area contributed by atoms with Crippen LogP contribution in [0.3, 0.4) is 0 Å². The van der Waals surface area contributed by atoms with Gasteiger partial charge in [-0.05, 0) is 37.5 Å². The Morgan fingerprint density at radius 1 is 1.41 bits per heavy atom. The Bertz CT molecular complexity index is 337. The molecule has 17 heavy (non-hydrogen) atoms. The molecule has 0 spiro atoms. The van der Waals surface area contributed by atoms with Gasteiger partial charge in [0.05, 0.1) is 0 Å². The normalized spacial score (nSPS) is 11.6. The van der Waals surface area contributed by atoms with E-state index in [-0.39, 0.29) is 6.41 Å². The largest absolute Gasteiger partial charge is 0.372 e. The highest BCUT2D eigenvalue weighted by atomic mass is 16.1. The summed E-state index contributed by atoms with van der Waals surface area (Å²) in [4.78, 5) is 11.0. The number of carbonyl (C=O) groups is 1. The Hall–Kier alpha value is -1.51. The van der Waals surface area contributed by atoms with Gasteiger partial charge in [0.15, 0.2) is 0 Å². The molecule has 1 aliphatic rings. The Morgan fingerprint density at radius 2 is 2.00 bits per heavy atom. The van der Waals surface area contributed by atoms with Crippen LogP contribution >= 0.6 is 0 Å². The van der Waals surface area contributed by atoms with E-state index in [1.54, 1.807) is 0 Å². The second-order valence-corrected chi connectivity index (χ2v) is 3.60. The standard InChI is InChI=1S/C11H15N.C2H6.CH3NO/c1-3-12-7-6-10-5-4-9(2)8-11(10)12;1-2;2-1-3/h4-5,8H,3,6-7H2,1-2H3;1-2H3;1H,(H2,2,3). The van der Waals surface area contributed by atoms with Gasteiger partial charge in [0.1, 0.15) is 0 Å². The lowest BCUT2D eigenvalue weighted by atomic mass is 10.1. The minimum atomic E-state index is 0.250. The van der Waals surface area contributed by atoms with Crippen molar-refractivity contribution in [2.24, 2.45) is 5.73 Å². The van der Waals surface area contributed by atoms with Crippen molar-refractivity contribution in [2.45, 2.75) is 34.1 Å². The summed E-state index contributed by atoms with van der Waals surface area (Å²) in [6.45, 7) is 10.7. The van der Waals surface area contributed by atoms with Crippen LogP contribution in [-0.2, 0) is 11.2 Å². The molecule has 0 fully saturated rings. The Kier molecular flexibility index (Phi) is 7.85. The first-order chi connectivity index (χ1) is 8.22. The van der Waals surface area contributed by atoms with E-state index in [1.165, 1.54) is 29.8 Å². The first-order valence-electron chi connectivity index (χ1n) is 6.22. The van der Waals surface area contributed by atoms with E-state index in [0.717, 1.165) is 6.54 Å². The first-order valence-corrected chi connectivity index (χ1v) is 6.22. The number of nitrogens with zero attached hydrogens (tertiary/aromatic N) is 1. The molecule has 3 heteroatoms. The summed E-state index contributed by atoms with van der Waals surface area (Å²) in [5.41, 5.74) is 8.51. The van der Waals surface area contributed by atoms with Crippen molar-refractivity contribution in [3.8, 4) is 0 Å². The van der Waals surface area contributed by atoms with Gasteiger partial charge in [-0.2, -0.15) is 0 Å². The van der Waals surface area contributed by atoms with Crippen molar-refractivity contribution in [2.75, 3.05) is 18.0 Å². The van der Waals surface area contributed by atoms with Crippen molar-refractivity contribution < 1.29 is 4.79 Å². The van der Waals surface area contributed by atoms with Gasteiger partial charge in [0.25, 0.3) is 0 Å². The average molecular weight is 236 g/mol. The van der Waals surface area contributed by atoms with Crippen LogP contribution in [0.5, 0.6) is 0 Å². The highest BCUT2D eigenvalue weighted by molar-refractivity contribution is 5.59. The number of amides is 1. The smallest absolute Gasteiger partial charge is 0.204 e. The van der Waals surface area contributed by atoms with Gasteiger partial charge in [-0.1, -0.05) is 26.0 Å². The molecule has 2 rings (SSSR count). The van der Waals surface area contributed by atoms with E-state index in [1.807, 2.05) is 13.8 Å². The second-order valence-electron chi connectivity index (χ2n) is 3.60. The number of primary amides is 1. The van der Waals surface area contributed by atoms with Gasteiger partial charge >= 0.3 is 0 Å². The topological polar surface area (TPSA) is 46.3 Å². The number of carbonyl (C=O) groups excluding carboxylic acids is 1. The van der Waals surface area contributed by atoms with E-state index in [2.05, 4.69) is 42.7 Å². The molecule has 2 N–H and O–H groups in total. The first kappa shape index (κ1) is 15.5. The zero-order chi connectivity index (χ0) is 13.3. The van der Waals surface area contributed by atoms with Crippen LogP contribution in [0.2, 0.25) is 0 Å². The lowest BCUT2D eigenvalue weighted by Gasteiger charge is -2.16. The number of rotatable bonds is 1. The summed E-state index contributed by atoms with van der Waals surface area (Å²) >= 11 is 0. The fraction of sp³-hybridized carbons (Fsp3) is 0.500. The summed E-state index contributed by atoms with van der Waals surface area (Å²) in [5.74, 6) is 0. The van der Waals surface area contributed by atoms with Crippen molar-refractivity contribution in [3.63, 3.8) is 0 Å². The number of likely N-dealkylation sites (N-methyl/N-ethyl adjacent to an activating group) is 1. The third kappa shape index (κ3) is 4.47. The summed E-state index contributed by atoms with van der Waals surface area (Å²) in [6.07, 6.45) is 1.48. The number of hydrogen-bond donors (Lipinski definition) is 1. The van der Waals surface area contributed by atoms with Crippen LogP contribution in [0.1, 0.15) is 31.9 Å². The van der Waals surface area contributed by atoms with E-state index >= 15 is 0 Å². The predicted molar refractivity (Wildman–Crippen MR) is 74.4 cm³/mol. The van der Waals surface area contributed by atoms with Crippen molar-refractivity contribution >= 4 is 12.1 Å². The number of benzene rings is 1. The van der Waals surface area contributed by atoms with Crippen molar-refractivity contribution in [1.29, 1.82) is 0 Å². The van der Waals surface area contributed by atoms with Crippen LogP contribution in [0.15, 0.2) is 18.2 Å². The molecule has 0 saturated carbocycles. The van der Waals surface area contributed by atoms with Crippen LogP contribution in [0.25, 0.3) is 0 Å². The highest BCUT2D eigenvalue weighted by Crippen LogP contribution is 2.28. The van der Waals surface area contributed by atoms with Gasteiger partial charge in [-0.25, -0.2) is 0 Å². The van der Waals surface area contributed by atoms with Gasteiger partial charge in [0.2, 0.25) is 6.41 Å². The van der Waals surface area contributed by atoms with Crippen molar-refractivity contribution in [1.82, 2.24) is 0 Å². The fourth-order valence-corrected chi connectivity index (χ4v) is 1.88. The van der Waals surface area contributed by atoms with Gasteiger partial charge < -0.3 is 10.6 Å². The molecule has 1 aliphatic heterocycles. The van der Waals surface area contributed by atoms with Gasteiger partial charge in [0, 0.05) is 18.8 Å². The molecule has 0 saturated heterocycles. The van der Waals surface area contributed by atoms with E-state index < -0.39 is 0 Å². The number of aryl methyl sites for hydroxylation is 1. The molecule has 0 radical (unpaired) electrons. The molecule has 1 amide bonds. The SMILES string of the molecule is CC.CCN1CCc2ccc(C)cc21.NC=O. The van der Waals surface area contributed by atoms with E-state index in [4.69, 9.17) is 4.79 Å². The van der Waals surface area contributed by atoms with Crippen LogP contribution < -0.4 is 10.6 Å². The van der Waals surface area contributed by atoms with Crippen molar-refractivity contribution in [3.05, 3.63) is 29.3 Å². The zero-order valence-electron chi connectivity index (χ0n) is 11.4. The maximum absolute atomic E-state index is 8.58. The summed E-state index contributed by atoms with van der Waals surface area (Å²) in [5, 5.41) is 0. The molecule has 0 atom stereocenters. The Morgan fingerprint density at radius 3 is 2.53 bits per heavy atom. The van der Waals surface area contributed by atoms with E-state index in [9.17, 15) is 0 Å². The summed E-state index contributed by atoms with van der Waals surface area (Å²) < 4.78 is 0. The summed E-state index contributed by atoms with van der Waals surface area (Å²) in [6, 6.07) is 6.77. The van der Waals surface area contributed by atoms with Gasteiger partial charge in [-0.3, -0.25) is 4.79 Å². The number of hydrogen-bond acceptors (Lipinski definition) is 2. The molecule has 0 aromatic heterocycles. The predicted octanol–water partition coefficient (Wildman–Crippen LogP) is 2.51. The molecular formula is C14H24N2O. The highest BCUT2D eigenvalue weighted by Gasteiger charge is 2.16. The lowest BCUT2D eigenvalue weighted by Crippen LogP contribution is -2.19. The molecule has 1 aromatic carbocycles. The Labute approximate surface area is 105 Å². The molecule has 1 heterocycles. The van der Waals surface area contributed by atoms with Crippen LogP contribution in [-0.4, -0.2) is 19.5 Å². The number of nitrogens with two attached hydrogens (primary N) is 1. The molecular weight excluding hydrogens is 212 g/mol. The van der Waals surface area contributed by atoms with Crippen LogP contribution in [0, 0.1) is 6.92 Å². The monoisotopic (exact) mass is 236 g/mol. The third-order valence-corrected chi connectivity index (χ3v) is 2.61. The molecule has 1 aromatic rings. The van der Waals surface area contributed by atoms with Crippen LogP contribution in [0.4, 0.5) is 5.69 Å². The molecule has 96 valence electrons. The number of fused-ring (bicyclic) bond motifs is 1. The maximum Gasteiger partial charge on any atom is 0.204 e. The quantitative estimate of drug-likeness (QED) is 0.762. The zero-order valence-corrected chi connectivity index (χ0v) is 11.4. The maximum atomic E-state index is 8.58. The molecule has 0 bridgehead atoms. The second kappa shape index (κ2) is 8.62. The summed E-state index contributed by atoms with van der Waals surface area (Å²) in [7, 11) is 0. The third-order valence-electron chi connectivity index (χ3n) is 2.61. The molecule has 3 nitrogen and oxygen atoms in total. The fourth-order valence-electron chi connectivity index (χ4n) is 1.88. The number of anilines is 1. The minimum Gasteiger partial charge on any atom is -0.372 e. The average Bonchev–Trinajstić information content (AvgIpc) is 2.75. The molecule has 0 unspecified atom stereocenters. The minimum absolute atomic E-state index is 0.250. The molecule has 0 aliphatic carbocycles. The lowest BCUT2D eigenvalue weighted by molar-refractivity contribution is -0.106. The Balaban J connectivity index is 0.000000450. The van der Waals surface area contributed by atoms with Gasteiger partial charge in [-0.15, -0.1) is 0 Å².